The second-order valence-electron chi connectivity index (χ2n) is 4.65. The van der Waals surface area contributed by atoms with E-state index in [1.54, 1.807) is 11.9 Å². The van der Waals surface area contributed by atoms with E-state index in [2.05, 4.69) is 0 Å². The first kappa shape index (κ1) is 11.1. The highest BCUT2D eigenvalue weighted by atomic mass is 16.8. The fourth-order valence-corrected chi connectivity index (χ4v) is 3.04. The molecular formula is C7H9N5O7. The third kappa shape index (κ3) is 1.12. The maximum absolute atomic E-state index is 11.2. The molecule has 6 atom stereocenters. The smallest absolute Gasteiger partial charge is 0.263 e. The first-order valence-electron chi connectivity index (χ1n) is 5.54. The van der Waals surface area contributed by atoms with E-state index in [-0.39, 0.29) is 0 Å². The summed E-state index contributed by atoms with van der Waals surface area (Å²) in [7, 11) is 1.63. The minimum absolute atomic E-state index is 0.671. The molecule has 12 nitrogen and oxygen atoms in total. The van der Waals surface area contributed by atoms with Crippen molar-refractivity contribution >= 4 is 0 Å². The van der Waals surface area contributed by atoms with Crippen LogP contribution in [0.3, 0.4) is 0 Å². The molecule has 6 unspecified atom stereocenters. The Hall–Kier alpha value is -1.76. The molecule has 0 spiro atoms. The van der Waals surface area contributed by atoms with Gasteiger partial charge in [0.1, 0.15) is 0 Å². The van der Waals surface area contributed by atoms with Crippen LogP contribution in [0.1, 0.15) is 0 Å². The summed E-state index contributed by atoms with van der Waals surface area (Å²) in [4.78, 5) is 23.9. The Morgan fingerprint density at radius 1 is 0.895 bits per heavy atom. The average Bonchev–Trinajstić information content (AvgIpc) is 2.82. The van der Waals surface area contributed by atoms with E-state index in [0.717, 1.165) is 0 Å². The van der Waals surface area contributed by atoms with Crippen molar-refractivity contribution in [1.82, 2.24) is 14.9 Å². The summed E-state index contributed by atoms with van der Waals surface area (Å²) in [6.45, 7) is 0. The second kappa shape index (κ2) is 3.22. The monoisotopic (exact) mass is 275 g/mol. The van der Waals surface area contributed by atoms with Crippen LogP contribution in [0.25, 0.3) is 0 Å². The maximum atomic E-state index is 11.2. The molecule has 104 valence electrons. The van der Waals surface area contributed by atoms with Crippen LogP contribution in [0, 0.1) is 20.2 Å². The van der Waals surface area contributed by atoms with Crippen LogP contribution in [-0.2, 0) is 14.2 Å². The van der Waals surface area contributed by atoms with Crippen molar-refractivity contribution in [3.8, 4) is 0 Å². The Morgan fingerprint density at radius 3 is 2.11 bits per heavy atom. The molecule has 0 aromatic rings. The molecule has 5 aliphatic rings. The summed E-state index contributed by atoms with van der Waals surface area (Å²) < 4.78 is 16.3. The van der Waals surface area contributed by atoms with Crippen molar-refractivity contribution in [3.05, 3.63) is 20.2 Å². The van der Waals surface area contributed by atoms with E-state index in [9.17, 15) is 20.2 Å². The Morgan fingerprint density at radius 2 is 1.47 bits per heavy atom. The Balaban J connectivity index is 1.87. The lowest BCUT2D eigenvalue weighted by atomic mass is 10.2. The predicted molar refractivity (Wildman–Crippen MR) is 51.4 cm³/mol. The van der Waals surface area contributed by atoms with Crippen molar-refractivity contribution in [2.75, 3.05) is 7.05 Å². The van der Waals surface area contributed by atoms with Crippen LogP contribution in [-0.4, -0.2) is 69.4 Å². The molecule has 6 bridgehead atoms. The first-order chi connectivity index (χ1) is 9.00. The number of nitro groups is 2. The van der Waals surface area contributed by atoms with Gasteiger partial charge < -0.3 is 14.2 Å². The molecule has 5 fully saturated rings. The molecule has 5 heterocycles. The normalized spacial score (nSPS) is 47.0. The number of piperazine rings is 1. The fourth-order valence-electron chi connectivity index (χ4n) is 3.04. The zero-order valence-corrected chi connectivity index (χ0v) is 9.56. The van der Waals surface area contributed by atoms with Gasteiger partial charge in [-0.25, -0.2) is 25.1 Å². The van der Waals surface area contributed by atoms with Crippen molar-refractivity contribution in [2.24, 2.45) is 0 Å². The third-order valence-electron chi connectivity index (χ3n) is 3.80. The van der Waals surface area contributed by atoms with E-state index in [0.29, 0.717) is 10.0 Å². The summed E-state index contributed by atoms with van der Waals surface area (Å²) in [5.41, 5.74) is 0. The standard InChI is InChI=1S/C7H9N5O7/c1-8-3-2-9(11(13)14)5-4(8)18-7(19-5)6(17-3)10(2)12(15)16/h2-7H,1H3. The Bertz CT molecular complexity index is 475. The molecule has 12 heteroatoms. The van der Waals surface area contributed by atoms with Gasteiger partial charge in [0.2, 0.25) is 18.7 Å². The molecule has 5 saturated heterocycles. The summed E-state index contributed by atoms with van der Waals surface area (Å²) in [6.07, 6.45) is -5.71. The van der Waals surface area contributed by atoms with Crippen molar-refractivity contribution in [2.45, 2.75) is 37.4 Å². The average molecular weight is 275 g/mol. The Labute approximate surface area is 105 Å². The fraction of sp³-hybridized carbons (Fsp3) is 1.00. The van der Waals surface area contributed by atoms with Crippen LogP contribution in [0.5, 0.6) is 0 Å². The van der Waals surface area contributed by atoms with Gasteiger partial charge in [0.05, 0.1) is 0 Å². The van der Waals surface area contributed by atoms with Crippen LogP contribution in [0.2, 0.25) is 0 Å². The number of rotatable bonds is 2. The van der Waals surface area contributed by atoms with Gasteiger partial charge in [-0.15, -0.1) is 0 Å². The molecule has 0 aromatic heterocycles. The number of hydrogen-bond donors (Lipinski definition) is 0. The van der Waals surface area contributed by atoms with E-state index in [1.165, 1.54) is 0 Å². The van der Waals surface area contributed by atoms with Gasteiger partial charge in [-0.05, 0) is 7.05 Å². The highest BCUT2D eigenvalue weighted by Gasteiger charge is 2.73. The van der Waals surface area contributed by atoms with E-state index in [1.807, 2.05) is 0 Å². The summed E-state index contributed by atoms with van der Waals surface area (Å²) in [5.74, 6) is 0. The van der Waals surface area contributed by atoms with E-state index >= 15 is 0 Å². The number of nitrogens with zero attached hydrogens (tertiary/aromatic N) is 5. The lowest BCUT2D eigenvalue weighted by Crippen LogP contribution is -2.70. The van der Waals surface area contributed by atoms with Crippen molar-refractivity contribution < 1.29 is 24.3 Å². The topological polar surface area (TPSA) is 124 Å². The summed E-state index contributed by atoms with van der Waals surface area (Å²) in [5, 5.41) is 22.3. The quantitative estimate of drug-likeness (QED) is 0.411. The Kier molecular flexibility index (Phi) is 1.88. The number of likely N-dealkylation sites (N-methyl/N-ethyl adjacent to an activating group) is 1. The van der Waals surface area contributed by atoms with Crippen LogP contribution in [0.4, 0.5) is 0 Å². The second-order valence-corrected chi connectivity index (χ2v) is 4.65. The SMILES string of the molecule is CN1C2OC3OC2N([N+](=O)[O-])C2C1OC3N2[N+](=O)[O-]. The number of hydrogen-bond acceptors (Lipinski definition) is 8. The molecule has 0 amide bonds. The lowest BCUT2D eigenvalue weighted by molar-refractivity contribution is -0.740. The maximum Gasteiger partial charge on any atom is 0.263 e. The van der Waals surface area contributed by atoms with Crippen molar-refractivity contribution in [3.63, 3.8) is 0 Å². The van der Waals surface area contributed by atoms with Gasteiger partial charge in [-0.3, -0.25) is 0 Å². The number of hydrazine groups is 2. The lowest BCUT2D eigenvalue weighted by Gasteiger charge is -2.41. The zero-order valence-electron chi connectivity index (χ0n) is 9.56. The molecule has 0 radical (unpaired) electrons. The van der Waals surface area contributed by atoms with E-state index < -0.39 is 47.4 Å². The summed E-state index contributed by atoms with van der Waals surface area (Å²) >= 11 is 0. The van der Waals surface area contributed by atoms with Crippen molar-refractivity contribution in [1.29, 1.82) is 0 Å². The van der Waals surface area contributed by atoms with E-state index in [4.69, 9.17) is 14.2 Å². The van der Waals surface area contributed by atoms with Crippen LogP contribution >= 0.6 is 0 Å². The van der Waals surface area contributed by atoms with Gasteiger partial charge in [0, 0.05) is 0 Å². The first-order valence-corrected chi connectivity index (χ1v) is 5.54. The van der Waals surface area contributed by atoms with Gasteiger partial charge >= 0.3 is 0 Å². The molecule has 5 rings (SSSR count). The van der Waals surface area contributed by atoms with Gasteiger partial charge in [0.15, 0.2) is 22.5 Å². The predicted octanol–water partition coefficient (Wildman–Crippen LogP) is -2.03. The molecule has 0 saturated carbocycles. The molecule has 19 heavy (non-hydrogen) atoms. The summed E-state index contributed by atoms with van der Waals surface area (Å²) in [6, 6.07) is 0. The molecular weight excluding hydrogens is 266 g/mol. The molecule has 5 aliphatic heterocycles. The highest BCUT2D eigenvalue weighted by molar-refractivity contribution is 4.98. The highest BCUT2D eigenvalue weighted by Crippen LogP contribution is 2.46. The van der Waals surface area contributed by atoms with Crippen LogP contribution < -0.4 is 0 Å². The molecule has 0 aromatic carbocycles. The van der Waals surface area contributed by atoms with Gasteiger partial charge in [-0.1, -0.05) is 10.0 Å². The number of ether oxygens (including phenoxy) is 3. The zero-order chi connectivity index (χ0) is 13.5. The minimum Gasteiger partial charge on any atom is -0.325 e. The van der Waals surface area contributed by atoms with Gasteiger partial charge in [0.25, 0.3) is 6.17 Å². The largest absolute Gasteiger partial charge is 0.325 e. The third-order valence-corrected chi connectivity index (χ3v) is 3.80. The molecule has 0 aliphatic carbocycles. The van der Waals surface area contributed by atoms with Crippen LogP contribution in [0.15, 0.2) is 0 Å². The van der Waals surface area contributed by atoms with Gasteiger partial charge in [-0.2, -0.15) is 0 Å². The minimum atomic E-state index is -1.14. The molecule has 0 N–H and O–H groups in total.